The normalized spacial score (nSPS) is 12.4. The van der Waals surface area contributed by atoms with Gasteiger partial charge in [-0.1, -0.05) is 0 Å². The van der Waals surface area contributed by atoms with E-state index in [-0.39, 0.29) is 0 Å². The minimum Gasteiger partial charge on any atom is -0.456 e. The van der Waals surface area contributed by atoms with Crippen molar-refractivity contribution in [2.75, 3.05) is 5.73 Å². The van der Waals surface area contributed by atoms with Gasteiger partial charge in [-0.3, -0.25) is 0 Å². The van der Waals surface area contributed by atoms with Crippen molar-refractivity contribution in [1.82, 2.24) is 0 Å². The fourth-order valence-corrected chi connectivity index (χ4v) is 1.93. The van der Waals surface area contributed by atoms with E-state index in [1.807, 2.05) is 30.3 Å². The number of rotatable bonds is 0. The Labute approximate surface area is 103 Å². The molecule has 0 spiro atoms. The maximum absolute atomic E-state index is 5.77. The highest BCUT2D eigenvalue weighted by Crippen LogP contribution is 2.27. The average molecular weight is 245 g/mol. The van der Waals surface area contributed by atoms with Gasteiger partial charge < -0.3 is 10.2 Å². The monoisotopic (exact) mass is 244 g/mol. The molecule has 2 N–H and O–H groups in total. The number of hydrogen-bond acceptors (Lipinski definition) is 3. The minimum absolute atomic E-state index is 0.672. The second kappa shape index (κ2) is 3.79. The van der Waals surface area contributed by atoms with Crippen LogP contribution in [0.1, 0.15) is 0 Å². The molecule has 1 heterocycles. The van der Waals surface area contributed by atoms with Crippen molar-refractivity contribution in [3.8, 4) is 11.3 Å². The summed E-state index contributed by atoms with van der Waals surface area (Å²) in [7, 11) is 0. The molecule has 1 aliphatic heterocycles. The van der Waals surface area contributed by atoms with Crippen molar-refractivity contribution in [2.24, 2.45) is 4.51 Å². The maximum Gasteiger partial charge on any atom is 0.136 e. The summed E-state index contributed by atoms with van der Waals surface area (Å²) in [6, 6.07) is 13.2. The molecular weight excluding hydrogens is 236 g/mol. The molecule has 0 radical (unpaired) electrons. The molecule has 1 aliphatic carbocycles. The Morgan fingerprint density at radius 2 is 1.94 bits per heavy atom. The van der Waals surface area contributed by atoms with Crippen molar-refractivity contribution in [3.63, 3.8) is 0 Å². The quantitative estimate of drug-likeness (QED) is 0.488. The van der Waals surface area contributed by atoms with E-state index >= 15 is 0 Å². The van der Waals surface area contributed by atoms with Gasteiger partial charge in [0.05, 0.1) is 5.36 Å². The van der Waals surface area contributed by atoms with Gasteiger partial charge >= 0.3 is 0 Å². The van der Waals surface area contributed by atoms with E-state index in [0.29, 0.717) is 11.0 Å². The van der Waals surface area contributed by atoms with Crippen LogP contribution in [0.2, 0.25) is 0 Å². The van der Waals surface area contributed by atoms with Gasteiger partial charge in [0.15, 0.2) is 0 Å². The Kier molecular flexibility index (Phi) is 2.27. The van der Waals surface area contributed by atoms with Crippen LogP contribution in [0.4, 0.5) is 5.69 Å². The maximum atomic E-state index is 5.77. The third kappa shape index (κ3) is 1.74. The van der Waals surface area contributed by atoms with Gasteiger partial charge in [0.25, 0.3) is 0 Å². The summed E-state index contributed by atoms with van der Waals surface area (Å²) in [6.07, 6.45) is 0. The van der Waals surface area contributed by atoms with Crippen LogP contribution in [0.25, 0.3) is 22.3 Å². The van der Waals surface area contributed by atoms with E-state index in [0.717, 1.165) is 22.3 Å². The topological polar surface area (TPSA) is 51.5 Å². The number of benzene rings is 2. The Morgan fingerprint density at radius 1 is 1.06 bits per heavy atom. The molecule has 0 bridgehead atoms. The largest absolute Gasteiger partial charge is 0.456 e. The highest BCUT2D eigenvalue weighted by molar-refractivity contribution is 6.14. The lowest BCUT2D eigenvalue weighted by Gasteiger charge is -2.06. The van der Waals surface area contributed by atoms with E-state index < -0.39 is 0 Å². The summed E-state index contributed by atoms with van der Waals surface area (Å²) in [5, 5.41) is 1.69. The lowest BCUT2D eigenvalue weighted by molar-refractivity contribution is 0.619. The van der Waals surface area contributed by atoms with Gasteiger partial charge in [-0.25, -0.2) is 0 Å². The zero-order valence-corrected chi connectivity index (χ0v) is 9.61. The summed E-state index contributed by atoms with van der Waals surface area (Å²) in [6.45, 7) is 0. The zero-order chi connectivity index (χ0) is 11.8. The molecule has 0 fully saturated rings. The van der Waals surface area contributed by atoms with Crippen LogP contribution in [-0.4, -0.2) is 0 Å². The molecular formula is C13H9ClN2O. The number of nitrogen functional groups attached to an aromatic ring is 1. The highest BCUT2D eigenvalue weighted by Gasteiger charge is 2.06. The number of halogens is 1. The molecule has 0 saturated carbocycles. The fourth-order valence-electron chi connectivity index (χ4n) is 1.83. The minimum atomic E-state index is 0.672. The van der Waals surface area contributed by atoms with Crippen molar-refractivity contribution >= 4 is 28.4 Å². The number of nitrogens with two attached hydrogens (primary N) is 1. The average Bonchev–Trinajstić information content (AvgIpc) is 2.35. The Balaban J connectivity index is 2.41. The smallest absolute Gasteiger partial charge is 0.136 e. The van der Waals surface area contributed by atoms with Gasteiger partial charge in [-0.15, -0.1) is 0 Å². The summed E-state index contributed by atoms with van der Waals surface area (Å²) in [5.74, 6) is 0.741. The first-order valence-electron chi connectivity index (χ1n) is 5.14. The van der Waals surface area contributed by atoms with Crippen molar-refractivity contribution < 1.29 is 4.42 Å². The predicted molar refractivity (Wildman–Crippen MR) is 68.7 cm³/mol. The van der Waals surface area contributed by atoms with E-state index in [1.165, 1.54) is 0 Å². The van der Waals surface area contributed by atoms with E-state index in [9.17, 15) is 0 Å². The van der Waals surface area contributed by atoms with Crippen LogP contribution < -0.4 is 11.1 Å². The number of nitrogens with zero attached hydrogens (tertiary/aromatic N) is 1. The third-order valence-electron chi connectivity index (χ3n) is 2.66. The van der Waals surface area contributed by atoms with Gasteiger partial charge in [0, 0.05) is 40.5 Å². The fraction of sp³-hybridized carbons (Fsp3) is 0. The predicted octanol–water partition coefficient (Wildman–Crippen LogP) is 3.17. The van der Waals surface area contributed by atoms with E-state index in [4.69, 9.17) is 21.9 Å². The van der Waals surface area contributed by atoms with Crippen LogP contribution in [0, 0.1) is 0 Å². The number of fused-ring (bicyclic) bond motifs is 2. The number of hydrogen-bond donors (Lipinski definition) is 1. The molecule has 1 aromatic rings. The van der Waals surface area contributed by atoms with Gasteiger partial charge in [-0.2, -0.15) is 4.51 Å². The van der Waals surface area contributed by atoms with Crippen LogP contribution in [0.3, 0.4) is 0 Å². The molecule has 1 aromatic carbocycles. The molecule has 3 rings (SSSR count). The molecule has 0 unspecified atom stereocenters. The van der Waals surface area contributed by atoms with Crippen LogP contribution >= 0.6 is 11.8 Å². The first-order valence-corrected chi connectivity index (χ1v) is 5.48. The second-order valence-corrected chi connectivity index (χ2v) is 4.02. The summed E-state index contributed by atoms with van der Waals surface area (Å²) < 4.78 is 9.38. The van der Waals surface area contributed by atoms with Gasteiger partial charge in [-0.05, 0) is 30.3 Å². The molecule has 84 valence electrons. The van der Waals surface area contributed by atoms with Gasteiger partial charge in [0.1, 0.15) is 11.3 Å². The molecule has 17 heavy (non-hydrogen) atoms. The molecule has 0 atom stereocenters. The van der Waals surface area contributed by atoms with Crippen LogP contribution in [-0.2, 0) is 0 Å². The highest BCUT2D eigenvalue weighted by atomic mass is 35.5. The summed E-state index contributed by atoms with van der Waals surface area (Å²) in [4.78, 5) is 0. The first kappa shape index (κ1) is 10.2. The standard InChI is InChI=1S/C13H9ClN2O/c14-16-11-4-2-9-5-8-1-3-10(15)6-12(8)17-13(9)7-11/h1-7H,15H2/b16-11+. The summed E-state index contributed by atoms with van der Waals surface area (Å²) >= 11 is 5.43. The molecule has 4 heteroatoms. The Bertz CT molecular complexity index is 733. The lowest BCUT2D eigenvalue weighted by Crippen LogP contribution is -1.99. The molecule has 0 amide bonds. The molecule has 0 saturated heterocycles. The Morgan fingerprint density at radius 3 is 2.76 bits per heavy atom. The third-order valence-corrected chi connectivity index (χ3v) is 2.86. The van der Waals surface area contributed by atoms with Crippen molar-refractivity contribution in [2.45, 2.75) is 0 Å². The summed E-state index contributed by atoms with van der Waals surface area (Å²) in [5.41, 5.74) is 8.16. The van der Waals surface area contributed by atoms with E-state index in [1.54, 1.807) is 12.1 Å². The first-order chi connectivity index (χ1) is 8.26. The van der Waals surface area contributed by atoms with E-state index in [2.05, 4.69) is 4.51 Å². The Hall–Kier alpha value is -2.00. The number of anilines is 1. The second-order valence-electron chi connectivity index (χ2n) is 3.85. The molecule has 3 nitrogen and oxygen atoms in total. The van der Waals surface area contributed by atoms with Crippen molar-refractivity contribution in [1.29, 1.82) is 0 Å². The van der Waals surface area contributed by atoms with Crippen LogP contribution in [0.15, 0.2) is 51.4 Å². The van der Waals surface area contributed by atoms with Gasteiger partial charge in [0.2, 0.25) is 0 Å². The molecule has 2 aliphatic rings. The van der Waals surface area contributed by atoms with Crippen LogP contribution in [0.5, 0.6) is 0 Å². The SMILES string of the molecule is Nc1ccc2cc3cc/c(=N\Cl)cc-3oc2c1. The van der Waals surface area contributed by atoms with Crippen molar-refractivity contribution in [3.05, 3.63) is 47.8 Å². The molecule has 0 aromatic heterocycles. The zero-order valence-electron chi connectivity index (χ0n) is 8.85. The lowest BCUT2D eigenvalue weighted by atomic mass is 10.1.